The van der Waals surface area contributed by atoms with Gasteiger partial charge in [-0.1, -0.05) is 0 Å². The lowest BCUT2D eigenvalue weighted by Crippen LogP contribution is -2.40. The predicted octanol–water partition coefficient (Wildman–Crippen LogP) is 4.38. The fourth-order valence-corrected chi connectivity index (χ4v) is 6.36. The maximum absolute atomic E-state index is 13.7. The normalized spacial score (nSPS) is 30.1. The molecule has 2 atom stereocenters. The second-order valence-corrected chi connectivity index (χ2v) is 11.0. The van der Waals surface area contributed by atoms with Crippen molar-refractivity contribution in [2.75, 3.05) is 24.6 Å². The Balaban J connectivity index is 1.26. The van der Waals surface area contributed by atoms with Crippen LogP contribution in [0.4, 0.5) is 19.1 Å². The van der Waals surface area contributed by atoms with Crippen molar-refractivity contribution < 1.29 is 17.9 Å². The summed E-state index contributed by atoms with van der Waals surface area (Å²) in [5.74, 6) is -1.12. The zero-order valence-electron chi connectivity index (χ0n) is 20.3. The molecule has 0 spiro atoms. The van der Waals surface area contributed by atoms with Crippen molar-refractivity contribution in [3.8, 4) is 0 Å². The highest BCUT2D eigenvalue weighted by atomic mass is 19.4. The van der Waals surface area contributed by atoms with Crippen LogP contribution in [-0.2, 0) is 10.2 Å². The number of ether oxygens (including phenoxy) is 1. The van der Waals surface area contributed by atoms with E-state index >= 15 is 0 Å². The Bertz CT molecular complexity index is 1350. The molecule has 0 N–H and O–H groups in total. The van der Waals surface area contributed by atoms with Crippen molar-refractivity contribution in [2.24, 2.45) is 11.8 Å². The van der Waals surface area contributed by atoms with Gasteiger partial charge in [0.1, 0.15) is 11.6 Å². The first-order valence-corrected chi connectivity index (χ1v) is 12.7. The third-order valence-electron chi connectivity index (χ3n) is 8.60. The maximum Gasteiger partial charge on any atom is 0.392 e. The number of rotatable bonds is 4. The van der Waals surface area contributed by atoms with Crippen LogP contribution in [0.25, 0.3) is 11.2 Å². The van der Waals surface area contributed by atoms with Crippen LogP contribution in [0.15, 0.2) is 12.4 Å². The molecule has 36 heavy (non-hydrogen) atoms. The van der Waals surface area contributed by atoms with Crippen molar-refractivity contribution in [1.82, 2.24) is 29.7 Å². The molecule has 0 aromatic carbocycles. The lowest BCUT2D eigenvalue weighted by molar-refractivity contribution is -0.180. The average molecular weight is 500 g/mol. The quantitative estimate of drug-likeness (QED) is 0.527. The van der Waals surface area contributed by atoms with Crippen molar-refractivity contribution in [1.29, 1.82) is 0 Å². The number of aromatic nitrogens is 6. The third kappa shape index (κ3) is 3.49. The number of fused-ring (bicyclic) bond motifs is 2. The highest BCUT2D eigenvalue weighted by Gasteiger charge is 2.65. The molecule has 8 rings (SSSR count). The number of halogens is 3. The molecule has 0 amide bonds. The van der Waals surface area contributed by atoms with Gasteiger partial charge in [0.2, 0.25) is 5.95 Å². The van der Waals surface area contributed by atoms with Crippen LogP contribution >= 0.6 is 0 Å². The van der Waals surface area contributed by atoms with Gasteiger partial charge >= 0.3 is 6.18 Å². The largest absolute Gasteiger partial charge is 0.392 e. The second kappa shape index (κ2) is 7.60. The summed E-state index contributed by atoms with van der Waals surface area (Å²) in [4.78, 5) is 21.2. The van der Waals surface area contributed by atoms with E-state index in [0.717, 1.165) is 29.8 Å². The lowest BCUT2D eigenvalue weighted by Gasteiger charge is -2.39. The van der Waals surface area contributed by atoms with Gasteiger partial charge in [-0.05, 0) is 51.9 Å². The molecule has 11 heteroatoms. The summed E-state index contributed by atoms with van der Waals surface area (Å²) < 4.78 is 49.1. The van der Waals surface area contributed by atoms with Gasteiger partial charge in [0, 0.05) is 23.7 Å². The number of nitrogens with zero attached hydrogens (tertiary/aromatic N) is 7. The van der Waals surface area contributed by atoms with Crippen LogP contribution < -0.4 is 4.90 Å². The smallest absolute Gasteiger partial charge is 0.370 e. The first kappa shape index (κ1) is 22.4. The molecule has 1 unspecified atom stereocenters. The van der Waals surface area contributed by atoms with Gasteiger partial charge in [-0.15, -0.1) is 0 Å². The Morgan fingerprint density at radius 2 is 1.81 bits per heavy atom. The molecule has 4 saturated carbocycles. The summed E-state index contributed by atoms with van der Waals surface area (Å²) >= 11 is 0. The summed E-state index contributed by atoms with van der Waals surface area (Å²) in [7, 11) is 0. The third-order valence-corrected chi connectivity index (χ3v) is 8.60. The molecular formula is C25H28F3N7O. The number of alkyl halides is 3. The van der Waals surface area contributed by atoms with E-state index in [1.54, 1.807) is 0 Å². The molecule has 3 aromatic heterocycles. The topological polar surface area (TPSA) is 81.9 Å². The van der Waals surface area contributed by atoms with Crippen molar-refractivity contribution in [3.05, 3.63) is 35.0 Å². The van der Waals surface area contributed by atoms with Crippen LogP contribution in [0.5, 0.6) is 0 Å². The minimum absolute atomic E-state index is 0.0629. The van der Waals surface area contributed by atoms with E-state index in [9.17, 15) is 13.2 Å². The number of hydrogen-bond acceptors (Lipinski definition) is 7. The van der Waals surface area contributed by atoms with Gasteiger partial charge in [0.15, 0.2) is 5.65 Å². The van der Waals surface area contributed by atoms with Crippen LogP contribution in [0.2, 0.25) is 0 Å². The van der Waals surface area contributed by atoms with Gasteiger partial charge < -0.3 is 9.64 Å². The van der Waals surface area contributed by atoms with E-state index in [1.165, 1.54) is 0 Å². The molecular weight excluding hydrogens is 471 g/mol. The first-order valence-electron chi connectivity index (χ1n) is 12.7. The van der Waals surface area contributed by atoms with Crippen molar-refractivity contribution in [2.45, 2.75) is 69.7 Å². The molecule has 4 aliphatic carbocycles. The highest BCUT2D eigenvalue weighted by Crippen LogP contribution is 2.66. The van der Waals surface area contributed by atoms with Gasteiger partial charge in [-0.25, -0.2) is 15.0 Å². The Morgan fingerprint density at radius 1 is 1.03 bits per heavy atom. The molecule has 1 saturated heterocycles. The average Bonchev–Trinajstić information content (AvgIpc) is 3.26. The van der Waals surface area contributed by atoms with E-state index in [-0.39, 0.29) is 18.4 Å². The van der Waals surface area contributed by atoms with Crippen LogP contribution in [0, 0.1) is 25.7 Å². The van der Waals surface area contributed by atoms with E-state index in [0.29, 0.717) is 61.4 Å². The summed E-state index contributed by atoms with van der Waals surface area (Å²) in [6.07, 6.45) is 2.91. The molecule has 4 heterocycles. The number of hydrogen-bond donors (Lipinski definition) is 0. The Hall–Kier alpha value is -2.82. The standard InChI is InChI=1S/C25H28F3N7O/c1-13-14(2)31-22-20(30-13)21(24-7-15(8-24)18(9-24)25(26,27)28)32-23(33-22)34-5-6-36-19(12-34)16-10-29-35(11-16)17-3-4-17/h10-11,15,17-19H,3-9,12H2,1-2H3/t15?,18?,19-,24?/m1/s1. The molecule has 8 nitrogen and oxygen atoms in total. The van der Waals surface area contributed by atoms with Crippen molar-refractivity contribution in [3.63, 3.8) is 0 Å². The Morgan fingerprint density at radius 3 is 2.53 bits per heavy atom. The summed E-state index contributed by atoms with van der Waals surface area (Å²) in [5.41, 5.74) is 3.53. The predicted molar refractivity (Wildman–Crippen MR) is 125 cm³/mol. The zero-order chi connectivity index (χ0) is 24.8. The van der Waals surface area contributed by atoms with Gasteiger partial charge in [-0.3, -0.25) is 4.68 Å². The van der Waals surface area contributed by atoms with Crippen LogP contribution in [0.3, 0.4) is 0 Å². The molecule has 2 bridgehead atoms. The van der Waals surface area contributed by atoms with E-state index in [2.05, 4.69) is 21.2 Å². The number of aryl methyl sites for hydroxylation is 2. The molecule has 5 aliphatic rings. The van der Waals surface area contributed by atoms with Crippen molar-refractivity contribution >= 4 is 17.1 Å². The minimum Gasteiger partial charge on any atom is -0.370 e. The van der Waals surface area contributed by atoms with E-state index in [1.807, 2.05) is 24.7 Å². The van der Waals surface area contributed by atoms with E-state index < -0.39 is 17.5 Å². The second-order valence-electron chi connectivity index (χ2n) is 11.0. The van der Waals surface area contributed by atoms with E-state index in [4.69, 9.17) is 19.7 Å². The summed E-state index contributed by atoms with van der Waals surface area (Å²) in [6.45, 7) is 5.37. The molecule has 5 fully saturated rings. The first-order chi connectivity index (χ1) is 17.2. The molecule has 3 aromatic rings. The SMILES string of the molecule is Cc1nc2nc(N3CCO[C@@H](c4cnn(C5CC5)c4)C3)nc(C34CC(C3)C(C(F)(F)F)C4)c2nc1C. The lowest BCUT2D eigenvalue weighted by atomic mass is 9.67. The molecule has 190 valence electrons. The highest BCUT2D eigenvalue weighted by molar-refractivity contribution is 5.76. The Kier molecular flexibility index (Phi) is 4.72. The van der Waals surface area contributed by atoms with Gasteiger partial charge in [-0.2, -0.15) is 23.3 Å². The Labute approximate surface area is 206 Å². The van der Waals surface area contributed by atoms with Gasteiger partial charge in [0.05, 0.1) is 48.4 Å². The fraction of sp³-hybridized carbons (Fsp3) is 0.640. The van der Waals surface area contributed by atoms with Crippen LogP contribution in [-0.4, -0.2) is 55.6 Å². The fourth-order valence-electron chi connectivity index (χ4n) is 6.36. The monoisotopic (exact) mass is 499 g/mol. The van der Waals surface area contributed by atoms with Gasteiger partial charge in [0.25, 0.3) is 0 Å². The number of morpholine rings is 1. The summed E-state index contributed by atoms with van der Waals surface area (Å²) in [6, 6.07) is 0.493. The van der Waals surface area contributed by atoms with Crippen LogP contribution in [0.1, 0.15) is 66.9 Å². The minimum atomic E-state index is -4.19. The zero-order valence-corrected chi connectivity index (χ0v) is 20.3. The summed E-state index contributed by atoms with van der Waals surface area (Å²) in [5, 5.41) is 4.49. The molecule has 0 radical (unpaired) electrons. The maximum atomic E-state index is 13.7. The number of anilines is 1. The molecule has 1 aliphatic heterocycles.